The number of nitrogens with two attached hydrogens (primary N) is 1. The Kier molecular flexibility index (Phi) is 2.71. The van der Waals surface area contributed by atoms with Crippen molar-refractivity contribution in [2.75, 3.05) is 5.73 Å². The number of nitrogen functional groups attached to an aromatic ring is 1. The van der Waals surface area contributed by atoms with E-state index in [2.05, 4.69) is 23.4 Å². The van der Waals surface area contributed by atoms with Gasteiger partial charge >= 0.3 is 0 Å². The van der Waals surface area contributed by atoms with E-state index in [1.54, 1.807) is 6.20 Å². The molecule has 0 atom stereocenters. The van der Waals surface area contributed by atoms with Crippen molar-refractivity contribution >= 4 is 16.9 Å². The van der Waals surface area contributed by atoms with Crippen LogP contribution in [0.4, 0.5) is 5.69 Å². The minimum absolute atomic E-state index is 0.753. The zero-order valence-electron chi connectivity index (χ0n) is 11.1. The van der Waals surface area contributed by atoms with Gasteiger partial charge in [0.05, 0.1) is 0 Å². The van der Waals surface area contributed by atoms with Crippen LogP contribution in [0.3, 0.4) is 0 Å². The molecule has 0 aliphatic carbocycles. The lowest BCUT2D eigenvalue weighted by atomic mass is 10.1. The van der Waals surface area contributed by atoms with Crippen LogP contribution in [-0.4, -0.2) is 14.5 Å². The molecule has 2 aromatic heterocycles. The molecule has 3 aromatic rings. The topological polar surface area (TPSA) is 56.7 Å². The summed E-state index contributed by atoms with van der Waals surface area (Å²) < 4.78 is 2.12. The zero-order valence-corrected chi connectivity index (χ0v) is 11.1. The number of benzene rings is 1. The first-order valence-corrected chi connectivity index (χ1v) is 6.38. The van der Waals surface area contributed by atoms with Gasteiger partial charge in [-0.05, 0) is 43.7 Å². The minimum Gasteiger partial charge on any atom is -0.399 e. The molecular weight excluding hydrogens is 236 g/mol. The molecule has 2 N–H and O–H groups in total. The smallest absolute Gasteiger partial charge is 0.160 e. The third-order valence-corrected chi connectivity index (χ3v) is 3.32. The summed E-state index contributed by atoms with van der Waals surface area (Å²) >= 11 is 0. The van der Waals surface area contributed by atoms with Crippen LogP contribution in [0.15, 0.2) is 36.5 Å². The molecule has 0 aliphatic rings. The van der Waals surface area contributed by atoms with Crippen LogP contribution in [-0.2, 0) is 6.54 Å². The Balaban J connectivity index is 2.33. The van der Waals surface area contributed by atoms with Crippen molar-refractivity contribution in [3.63, 3.8) is 0 Å². The van der Waals surface area contributed by atoms with Crippen LogP contribution in [0.1, 0.15) is 12.5 Å². The Morgan fingerprint density at radius 1 is 1.26 bits per heavy atom. The summed E-state index contributed by atoms with van der Waals surface area (Å²) in [6, 6.07) is 9.81. The van der Waals surface area contributed by atoms with Gasteiger partial charge in [0.2, 0.25) is 0 Å². The number of hydrogen-bond donors (Lipinski definition) is 1. The number of fused-ring (bicyclic) bond motifs is 1. The highest BCUT2D eigenvalue weighted by atomic mass is 15.1. The number of hydrogen-bond acceptors (Lipinski definition) is 3. The number of imidazole rings is 1. The maximum Gasteiger partial charge on any atom is 0.160 e. The lowest BCUT2D eigenvalue weighted by Gasteiger charge is -2.09. The lowest BCUT2D eigenvalue weighted by Crippen LogP contribution is -2.00. The Bertz CT molecular complexity index is 743. The molecule has 1 aromatic carbocycles. The average molecular weight is 252 g/mol. The molecular formula is C15H16N4. The van der Waals surface area contributed by atoms with E-state index in [0.717, 1.165) is 34.8 Å². The fourth-order valence-electron chi connectivity index (χ4n) is 2.34. The highest BCUT2D eigenvalue weighted by Crippen LogP contribution is 2.27. The molecule has 0 bridgehead atoms. The van der Waals surface area contributed by atoms with Crippen LogP contribution in [0.25, 0.3) is 22.6 Å². The van der Waals surface area contributed by atoms with E-state index in [9.17, 15) is 0 Å². The molecule has 96 valence electrons. The molecule has 0 spiro atoms. The molecule has 0 aliphatic heterocycles. The van der Waals surface area contributed by atoms with E-state index in [0.29, 0.717) is 0 Å². The molecule has 0 saturated carbocycles. The highest BCUT2D eigenvalue weighted by molar-refractivity contribution is 5.78. The van der Waals surface area contributed by atoms with Crippen molar-refractivity contribution in [1.29, 1.82) is 0 Å². The quantitative estimate of drug-likeness (QED) is 0.713. The van der Waals surface area contributed by atoms with Gasteiger partial charge in [0.25, 0.3) is 0 Å². The average Bonchev–Trinajstić information content (AvgIpc) is 2.79. The van der Waals surface area contributed by atoms with E-state index in [-0.39, 0.29) is 0 Å². The summed E-state index contributed by atoms with van der Waals surface area (Å²) in [6.45, 7) is 5.00. The number of aryl methyl sites for hydroxylation is 2. The molecule has 0 amide bonds. The first kappa shape index (κ1) is 11.7. The summed E-state index contributed by atoms with van der Waals surface area (Å²) in [6.07, 6.45) is 1.80. The molecule has 0 radical (unpaired) electrons. The van der Waals surface area contributed by atoms with Crippen molar-refractivity contribution < 1.29 is 0 Å². The number of nitrogens with zero attached hydrogens (tertiary/aromatic N) is 3. The van der Waals surface area contributed by atoms with Crippen molar-refractivity contribution in [1.82, 2.24) is 14.5 Å². The van der Waals surface area contributed by atoms with Gasteiger partial charge in [0, 0.05) is 24.0 Å². The second kappa shape index (κ2) is 4.39. The lowest BCUT2D eigenvalue weighted by molar-refractivity contribution is 0.787. The normalized spacial score (nSPS) is 11.1. The molecule has 0 unspecified atom stereocenters. The van der Waals surface area contributed by atoms with Crippen molar-refractivity contribution in [3.05, 3.63) is 42.1 Å². The molecule has 19 heavy (non-hydrogen) atoms. The summed E-state index contributed by atoms with van der Waals surface area (Å²) in [4.78, 5) is 9.12. The fraction of sp³-hybridized carbons (Fsp3) is 0.200. The van der Waals surface area contributed by atoms with Crippen molar-refractivity contribution in [2.45, 2.75) is 20.4 Å². The van der Waals surface area contributed by atoms with Crippen molar-refractivity contribution in [2.24, 2.45) is 0 Å². The summed E-state index contributed by atoms with van der Waals surface area (Å²) in [5.74, 6) is 0.931. The van der Waals surface area contributed by atoms with Crippen LogP contribution in [0.5, 0.6) is 0 Å². The van der Waals surface area contributed by atoms with E-state index < -0.39 is 0 Å². The Morgan fingerprint density at radius 2 is 2.11 bits per heavy atom. The number of pyridine rings is 1. The molecule has 0 fully saturated rings. The van der Waals surface area contributed by atoms with Gasteiger partial charge in [0.15, 0.2) is 5.65 Å². The Hall–Kier alpha value is -2.36. The Labute approximate surface area is 111 Å². The first-order valence-electron chi connectivity index (χ1n) is 6.38. The van der Waals surface area contributed by atoms with Crippen molar-refractivity contribution in [3.8, 4) is 11.4 Å². The molecule has 3 rings (SSSR count). The second-order valence-corrected chi connectivity index (χ2v) is 4.60. The monoisotopic (exact) mass is 252 g/mol. The maximum atomic E-state index is 5.90. The largest absolute Gasteiger partial charge is 0.399 e. The fourth-order valence-corrected chi connectivity index (χ4v) is 2.34. The van der Waals surface area contributed by atoms with E-state index >= 15 is 0 Å². The SMILES string of the molecule is CCn1c(-c2cc(N)ccc2C)nc2cccnc21. The van der Waals surface area contributed by atoms with E-state index in [1.807, 2.05) is 30.3 Å². The number of aromatic nitrogens is 3. The molecule has 4 nitrogen and oxygen atoms in total. The first-order chi connectivity index (χ1) is 9.20. The predicted molar refractivity (Wildman–Crippen MR) is 77.8 cm³/mol. The maximum absolute atomic E-state index is 5.90. The second-order valence-electron chi connectivity index (χ2n) is 4.60. The summed E-state index contributed by atoms with van der Waals surface area (Å²) in [5, 5.41) is 0. The zero-order chi connectivity index (χ0) is 13.4. The standard InChI is InChI=1S/C15H16N4/c1-3-19-14(12-9-11(16)7-6-10(12)2)18-13-5-4-8-17-15(13)19/h4-9H,3,16H2,1-2H3. The number of anilines is 1. The highest BCUT2D eigenvalue weighted by Gasteiger charge is 2.13. The van der Waals surface area contributed by atoms with E-state index in [1.165, 1.54) is 5.56 Å². The van der Waals surface area contributed by atoms with Crippen LogP contribution in [0.2, 0.25) is 0 Å². The van der Waals surface area contributed by atoms with Gasteiger partial charge < -0.3 is 10.3 Å². The van der Waals surface area contributed by atoms with Crippen LogP contribution >= 0.6 is 0 Å². The molecule has 4 heteroatoms. The predicted octanol–water partition coefficient (Wildman–Crippen LogP) is 3.01. The Morgan fingerprint density at radius 3 is 2.89 bits per heavy atom. The van der Waals surface area contributed by atoms with Gasteiger partial charge in [-0.15, -0.1) is 0 Å². The van der Waals surface area contributed by atoms with E-state index in [4.69, 9.17) is 10.7 Å². The molecule has 2 heterocycles. The van der Waals surface area contributed by atoms with Gasteiger partial charge in [0.1, 0.15) is 11.3 Å². The van der Waals surface area contributed by atoms with Gasteiger partial charge in [-0.2, -0.15) is 0 Å². The van der Waals surface area contributed by atoms with Gasteiger partial charge in [-0.3, -0.25) is 0 Å². The number of rotatable bonds is 2. The third-order valence-electron chi connectivity index (χ3n) is 3.32. The minimum atomic E-state index is 0.753. The van der Waals surface area contributed by atoms with Gasteiger partial charge in [-0.1, -0.05) is 6.07 Å². The third kappa shape index (κ3) is 1.85. The summed E-state index contributed by atoms with van der Waals surface area (Å²) in [5.41, 5.74) is 10.7. The van der Waals surface area contributed by atoms with Crippen LogP contribution in [0, 0.1) is 6.92 Å². The summed E-state index contributed by atoms with van der Waals surface area (Å²) in [7, 11) is 0. The van der Waals surface area contributed by atoms with Gasteiger partial charge in [-0.25, -0.2) is 9.97 Å². The molecule has 0 saturated heterocycles. The van der Waals surface area contributed by atoms with Crippen LogP contribution < -0.4 is 5.73 Å².